The van der Waals surface area contributed by atoms with E-state index in [0.29, 0.717) is 5.02 Å². The molecule has 0 saturated carbocycles. The Bertz CT molecular complexity index is 401. The van der Waals surface area contributed by atoms with Gasteiger partial charge in [-0.2, -0.15) is 0 Å². The maximum atomic E-state index is 9.47. The lowest BCUT2D eigenvalue weighted by Crippen LogP contribution is -2.26. The monoisotopic (exact) mass is 237 g/mol. The quantitative estimate of drug-likeness (QED) is 0.799. The van der Waals surface area contributed by atoms with Gasteiger partial charge < -0.3 is 10.0 Å². The Morgan fingerprint density at radius 1 is 1.38 bits per heavy atom. The molecule has 0 bridgehead atoms. The molecule has 2 nitrogen and oxygen atoms in total. The summed E-state index contributed by atoms with van der Waals surface area (Å²) in [5.41, 5.74) is 1.91. The summed E-state index contributed by atoms with van der Waals surface area (Å²) in [6.07, 6.45) is 4.94. The fourth-order valence-electron chi connectivity index (χ4n) is 1.90. The summed E-state index contributed by atoms with van der Waals surface area (Å²) in [6, 6.07) is 5.77. The minimum Gasteiger partial charge on any atom is -0.389 e. The molecule has 0 saturated heterocycles. The van der Waals surface area contributed by atoms with Crippen LogP contribution in [0.25, 0.3) is 0 Å². The van der Waals surface area contributed by atoms with Gasteiger partial charge in [0.2, 0.25) is 0 Å². The number of nitrogens with zero attached hydrogens (tertiary/aromatic N) is 1. The summed E-state index contributed by atoms with van der Waals surface area (Å²) in [6.45, 7) is 3.66. The molecule has 1 aromatic carbocycles. The van der Waals surface area contributed by atoms with E-state index in [1.54, 1.807) is 6.92 Å². The van der Waals surface area contributed by atoms with Crippen molar-refractivity contribution in [3.05, 3.63) is 40.9 Å². The van der Waals surface area contributed by atoms with Crippen LogP contribution in [-0.4, -0.2) is 18.2 Å². The average molecular weight is 238 g/mol. The standard InChI is InChI=1S/C13H16ClNO/c1-10(16)11-5-6-13(12(14)9-11)15-7-3-2-4-8-15/h2-3,5-6,9-10,16H,4,7-8H2,1H3. The highest BCUT2D eigenvalue weighted by atomic mass is 35.5. The summed E-state index contributed by atoms with van der Waals surface area (Å²) in [7, 11) is 0. The number of halogens is 1. The summed E-state index contributed by atoms with van der Waals surface area (Å²) in [5.74, 6) is 0. The van der Waals surface area contributed by atoms with Gasteiger partial charge in [-0.05, 0) is 31.0 Å². The van der Waals surface area contributed by atoms with Crippen LogP contribution in [0.5, 0.6) is 0 Å². The highest BCUT2D eigenvalue weighted by Gasteiger charge is 2.12. The zero-order valence-corrected chi connectivity index (χ0v) is 10.1. The van der Waals surface area contributed by atoms with Gasteiger partial charge in [-0.25, -0.2) is 0 Å². The third-order valence-electron chi connectivity index (χ3n) is 2.85. The molecule has 86 valence electrons. The molecule has 1 heterocycles. The van der Waals surface area contributed by atoms with Crippen molar-refractivity contribution < 1.29 is 5.11 Å². The van der Waals surface area contributed by atoms with Gasteiger partial charge in [0.1, 0.15) is 0 Å². The van der Waals surface area contributed by atoms with Crippen LogP contribution in [0.4, 0.5) is 5.69 Å². The van der Waals surface area contributed by atoms with Crippen LogP contribution in [0.15, 0.2) is 30.4 Å². The molecule has 1 unspecified atom stereocenters. The van der Waals surface area contributed by atoms with Crippen molar-refractivity contribution >= 4 is 17.3 Å². The third kappa shape index (κ3) is 2.39. The number of rotatable bonds is 2. The minimum absolute atomic E-state index is 0.465. The van der Waals surface area contributed by atoms with E-state index in [1.165, 1.54) is 0 Å². The topological polar surface area (TPSA) is 23.5 Å². The van der Waals surface area contributed by atoms with Crippen LogP contribution in [0.1, 0.15) is 25.0 Å². The molecule has 0 aliphatic carbocycles. The van der Waals surface area contributed by atoms with E-state index in [9.17, 15) is 5.11 Å². The Labute approximate surface area is 101 Å². The van der Waals surface area contributed by atoms with Gasteiger partial charge in [0, 0.05) is 13.1 Å². The first-order valence-electron chi connectivity index (χ1n) is 5.56. The van der Waals surface area contributed by atoms with Crippen LogP contribution in [0, 0.1) is 0 Å². The molecule has 1 aromatic rings. The van der Waals surface area contributed by atoms with E-state index in [2.05, 4.69) is 17.1 Å². The zero-order valence-electron chi connectivity index (χ0n) is 9.36. The fraction of sp³-hybridized carbons (Fsp3) is 0.385. The van der Waals surface area contributed by atoms with Crippen LogP contribution < -0.4 is 4.90 Å². The molecule has 1 aliphatic heterocycles. The van der Waals surface area contributed by atoms with E-state index >= 15 is 0 Å². The molecule has 1 atom stereocenters. The van der Waals surface area contributed by atoms with Gasteiger partial charge in [-0.1, -0.05) is 29.8 Å². The molecule has 0 spiro atoms. The molecule has 1 N–H and O–H groups in total. The van der Waals surface area contributed by atoms with Crippen molar-refractivity contribution in [1.82, 2.24) is 0 Å². The van der Waals surface area contributed by atoms with Gasteiger partial charge in [0.25, 0.3) is 0 Å². The van der Waals surface area contributed by atoms with Gasteiger partial charge in [0.05, 0.1) is 16.8 Å². The number of aliphatic hydroxyl groups is 1. The van der Waals surface area contributed by atoms with Crippen molar-refractivity contribution in [2.75, 3.05) is 18.0 Å². The predicted octanol–water partition coefficient (Wildman–Crippen LogP) is 3.16. The molecule has 0 fully saturated rings. The van der Waals surface area contributed by atoms with Gasteiger partial charge in [-0.3, -0.25) is 0 Å². The van der Waals surface area contributed by atoms with Crippen LogP contribution in [0.3, 0.4) is 0 Å². The molecule has 3 heteroatoms. The molecule has 0 amide bonds. The summed E-state index contributed by atoms with van der Waals surface area (Å²) < 4.78 is 0. The largest absolute Gasteiger partial charge is 0.389 e. The average Bonchev–Trinajstić information content (AvgIpc) is 2.30. The van der Waals surface area contributed by atoms with Gasteiger partial charge >= 0.3 is 0 Å². The SMILES string of the molecule is CC(O)c1ccc(N2CC=CCC2)c(Cl)c1. The Hall–Kier alpha value is -0.990. The number of hydrogen-bond acceptors (Lipinski definition) is 2. The zero-order chi connectivity index (χ0) is 11.5. The number of benzene rings is 1. The summed E-state index contributed by atoms with van der Waals surface area (Å²) in [4.78, 5) is 2.24. The van der Waals surface area contributed by atoms with E-state index in [-0.39, 0.29) is 0 Å². The highest BCUT2D eigenvalue weighted by molar-refractivity contribution is 6.33. The first-order valence-corrected chi connectivity index (χ1v) is 5.94. The molecule has 0 aromatic heterocycles. The second-order valence-electron chi connectivity index (χ2n) is 4.09. The first kappa shape index (κ1) is 11.5. The lowest BCUT2D eigenvalue weighted by molar-refractivity contribution is 0.199. The van der Waals surface area contributed by atoms with E-state index < -0.39 is 6.10 Å². The van der Waals surface area contributed by atoms with Crippen molar-refractivity contribution in [2.24, 2.45) is 0 Å². The number of aliphatic hydroxyl groups excluding tert-OH is 1. The van der Waals surface area contributed by atoms with Crippen molar-refractivity contribution in [1.29, 1.82) is 0 Å². The lowest BCUT2D eigenvalue weighted by Gasteiger charge is -2.26. The second kappa shape index (κ2) is 4.89. The number of hydrogen-bond donors (Lipinski definition) is 1. The molecule has 1 aliphatic rings. The Morgan fingerprint density at radius 2 is 2.19 bits per heavy atom. The Kier molecular flexibility index (Phi) is 3.52. The molecule has 16 heavy (non-hydrogen) atoms. The van der Waals surface area contributed by atoms with Crippen LogP contribution >= 0.6 is 11.6 Å². The molecule has 0 radical (unpaired) electrons. The first-order chi connectivity index (χ1) is 7.68. The van der Waals surface area contributed by atoms with Gasteiger partial charge in [-0.15, -0.1) is 0 Å². The van der Waals surface area contributed by atoms with Crippen molar-refractivity contribution in [3.63, 3.8) is 0 Å². The normalized spacial score (nSPS) is 17.6. The van der Waals surface area contributed by atoms with Crippen molar-refractivity contribution in [3.8, 4) is 0 Å². The highest BCUT2D eigenvalue weighted by Crippen LogP contribution is 2.29. The van der Waals surface area contributed by atoms with E-state index in [1.807, 2.05) is 18.2 Å². The molecular formula is C13H16ClNO. The van der Waals surface area contributed by atoms with E-state index in [4.69, 9.17) is 11.6 Å². The minimum atomic E-state index is -0.465. The van der Waals surface area contributed by atoms with Crippen molar-refractivity contribution in [2.45, 2.75) is 19.4 Å². The van der Waals surface area contributed by atoms with Crippen LogP contribution in [0.2, 0.25) is 5.02 Å². The summed E-state index contributed by atoms with van der Waals surface area (Å²) >= 11 is 6.23. The summed E-state index contributed by atoms with van der Waals surface area (Å²) in [5, 5.41) is 10.2. The maximum absolute atomic E-state index is 9.47. The van der Waals surface area contributed by atoms with Gasteiger partial charge in [0.15, 0.2) is 0 Å². The number of anilines is 1. The molecular weight excluding hydrogens is 222 g/mol. The maximum Gasteiger partial charge on any atom is 0.0762 e. The Morgan fingerprint density at radius 3 is 2.75 bits per heavy atom. The Balaban J connectivity index is 2.25. The predicted molar refractivity (Wildman–Crippen MR) is 68.1 cm³/mol. The second-order valence-corrected chi connectivity index (χ2v) is 4.50. The third-order valence-corrected chi connectivity index (χ3v) is 3.16. The van der Waals surface area contributed by atoms with E-state index in [0.717, 1.165) is 30.8 Å². The molecule has 2 rings (SSSR count). The van der Waals surface area contributed by atoms with Crippen LogP contribution in [-0.2, 0) is 0 Å². The smallest absolute Gasteiger partial charge is 0.0762 e. The fourth-order valence-corrected chi connectivity index (χ4v) is 2.21. The lowest BCUT2D eigenvalue weighted by atomic mass is 10.1.